The average Bonchev–Trinajstić information content (AvgIpc) is 2.23. The molecule has 2 aromatic rings. The van der Waals surface area contributed by atoms with Gasteiger partial charge in [-0.05, 0) is 29.7 Å². The van der Waals surface area contributed by atoms with E-state index < -0.39 is 0 Å². The van der Waals surface area contributed by atoms with Gasteiger partial charge >= 0.3 is 0 Å². The van der Waals surface area contributed by atoms with E-state index in [-0.39, 0.29) is 5.56 Å². The van der Waals surface area contributed by atoms with Gasteiger partial charge in [0.15, 0.2) is 0 Å². The maximum Gasteiger partial charge on any atom is 0.258 e. The van der Waals surface area contributed by atoms with Gasteiger partial charge in [0.25, 0.3) is 5.56 Å². The third-order valence-corrected chi connectivity index (χ3v) is 2.29. The SMILES string of the molecule is COc1ccc2c(=O)n(C)ccc2c1. The first kappa shape index (κ1) is 8.81. The molecule has 0 spiro atoms. The number of nitrogens with zero attached hydrogens (tertiary/aromatic N) is 1. The first-order valence-electron chi connectivity index (χ1n) is 4.36. The van der Waals surface area contributed by atoms with Crippen molar-refractivity contribution in [1.29, 1.82) is 0 Å². The molecule has 2 rings (SSSR count). The van der Waals surface area contributed by atoms with Crippen LogP contribution in [0.1, 0.15) is 0 Å². The van der Waals surface area contributed by atoms with E-state index in [0.29, 0.717) is 0 Å². The van der Waals surface area contributed by atoms with Crippen molar-refractivity contribution in [2.45, 2.75) is 0 Å². The van der Waals surface area contributed by atoms with E-state index in [1.165, 1.54) is 0 Å². The molecule has 3 nitrogen and oxygen atoms in total. The Kier molecular flexibility index (Phi) is 2.00. The molecule has 0 saturated heterocycles. The maximum absolute atomic E-state index is 11.7. The summed E-state index contributed by atoms with van der Waals surface area (Å²) < 4.78 is 6.65. The first-order chi connectivity index (χ1) is 6.72. The van der Waals surface area contributed by atoms with E-state index >= 15 is 0 Å². The van der Waals surface area contributed by atoms with Gasteiger partial charge in [-0.25, -0.2) is 0 Å². The molecule has 72 valence electrons. The second-order valence-corrected chi connectivity index (χ2v) is 3.18. The van der Waals surface area contributed by atoms with E-state index in [1.807, 2.05) is 12.1 Å². The summed E-state index contributed by atoms with van der Waals surface area (Å²) >= 11 is 0. The van der Waals surface area contributed by atoms with Gasteiger partial charge in [-0.3, -0.25) is 4.79 Å². The highest BCUT2D eigenvalue weighted by atomic mass is 16.5. The fraction of sp³-hybridized carbons (Fsp3) is 0.182. The number of aromatic nitrogens is 1. The van der Waals surface area contributed by atoms with Crippen LogP contribution in [-0.4, -0.2) is 11.7 Å². The third kappa shape index (κ3) is 1.27. The molecule has 3 heteroatoms. The van der Waals surface area contributed by atoms with E-state index in [9.17, 15) is 4.79 Å². The quantitative estimate of drug-likeness (QED) is 0.681. The Morgan fingerprint density at radius 2 is 2.07 bits per heavy atom. The maximum atomic E-state index is 11.7. The van der Waals surface area contributed by atoms with E-state index in [2.05, 4.69) is 0 Å². The van der Waals surface area contributed by atoms with Crippen LogP contribution in [0.25, 0.3) is 10.8 Å². The number of hydrogen-bond donors (Lipinski definition) is 0. The van der Waals surface area contributed by atoms with Gasteiger partial charge in [-0.1, -0.05) is 0 Å². The fourth-order valence-electron chi connectivity index (χ4n) is 1.45. The number of pyridine rings is 1. The molecule has 0 atom stereocenters. The van der Waals surface area contributed by atoms with Gasteiger partial charge in [0.2, 0.25) is 0 Å². The molecule has 1 aromatic heterocycles. The number of benzene rings is 1. The zero-order chi connectivity index (χ0) is 10.1. The molecule has 14 heavy (non-hydrogen) atoms. The highest BCUT2D eigenvalue weighted by molar-refractivity contribution is 5.82. The zero-order valence-corrected chi connectivity index (χ0v) is 8.15. The second kappa shape index (κ2) is 3.18. The summed E-state index contributed by atoms with van der Waals surface area (Å²) in [6.07, 6.45) is 1.75. The summed E-state index contributed by atoms with van der Waals surface area (Å²) in [5.74, 6) is 0.769. The number of rotatable bonds is 1. The van der Waals surface area contributed by atoms with Crippen LogP contribution in [0.5, 0.6) is 5.75 Å². The molecule has 0 saturated carbocycles. The third-order valence-electron chi connectivity index (χ3n) is 2.29. The molecule has 0 unspecified atom stereocenters. The number of methoxy groups -OCH3 is 1. The molecule has 0 fully saturated rings. The van der Waals surface area contributed by atoms with E-state index in [1.54, 1.807) is 37.1 Å². The Balaban J connectivity index is 2.81. The van der Waals surface area contributed by atoms with Crippen molar-refractivity contribution in [1.82, 2.24) is 4.57 Å². The van der Waals surface area contributed by atoms with Crippen molar-refractivity contribution in [3.63, 3.8) is 0 Å². The van der Waals surface area contributed by atoms with Crippen molar-refractivity contribution < 1.29 is 4.74 Å². The van der Waals surface area contributed by atoms with Gasteiger partial charge in [0, 0.05) is 18.6 Å². The lowest BCUT2D eigenvalue weighted by molar-refractivity contribution is 0.415. The van der Waals surface area contributed by atoms with Crippen molar-refractivity contribution >= 4 is 10.8 Å². The highest BCUT2D eigenvalue weighted by Gasteiger charge is 2.00. The predicted molar refractivity (Wildman–Crippen MR) is 55.7 cm³/mol. The predicted octanol–water partition coefficient (Wildman–Crippen LogP) is 1.55. The Morgan fingerprint density at radius 3 is 2.79 bits per heavy atom. The lowest BCUT2D eigenvalue weighted by atomic mass is 10.1. The molecule has 1 aromatic carbocycles. The number of hydrogen-bond acceptors (Lipinski definition) is 2. The smallest absolute Gasteiger partial charge is 0.258 e. The molecular formula is C11H11NO2. The molecule has 0 amide bonds. The zero-order valence-electron chi connectivity index (χ0n) is 8.15. The van der Waals surface area contributed by atoms with Crippen LogP contribution in [0.15, 0.2) is 35.3 Å². The first-order valence-corrected chi connectivity index (χ1v) is 4.36. The van der Waals surface area contributed by atoms with Crippen molar-refractivity contribution in [3.8, 4) is 5.75 Å². The van der Waals surface area contributed by atoms with Crippen LogP contribution in [0.3, 0.4) is 0 Å². The van der Waals surface area contributed by atoms with E-state index in [0.717, 1.165) is 16.5 Å². The monoisotopic (exact) mass is 189 g/mol. The van der Waals surface area contributed by atoms with Crippen LogP contribution in [0.2, 0.25) is 0 Å². The molecule has 0 aliphatic heterocycles. The largest absolute Gasteiger partial charge is 0.497 e. The average molecular weight is 189 g/mol. The van der Waals surface area contributed by atoms with Gasteiger partial charge in [-0.15, -0.1) is 0 Å². The minimum atomic E-state index is 0.0187. The van der Waals surface area contributed by atoms with Crippen LogP contribution in [0.4, 0.5) is 0 Å². The molecule has 0 bridgehead atoms. The number of ether oxygens (including phenoxy) is 1. The summed E-state index contributed by atoms with van der Waals surface area (Å²) in [6.45, 7) is 0. The number of fused-ring (bicyclic) bond motifs is 1. The van der Waals surface area contributed by atoms with Crippen LogP contribution >= 0.6 is 0 Å². The van der Waals surface area contributed by atoms with Gasteiger partial charge < -0.3 is 9.30 Å². The summed E-state index contributed by atoms with van der Waals surface area (Å²) in [4.78, 5) is 11.7. The lowest BCUT2D eigenvalue weighted by Gasteiger charge is -2.03. The standard InChI is InChI=1S/C11H11NO2/c1-12-6-5-8-7-9(14-2)3-4-10(8)11(12)13/h3-7H,1-2H3. The second-order valence-electron chi connectivity index (χ2n) is 3.18. The van der Waals surface area contributed by atoms with Gasteiger partial charge in [0.05, 0.1) is 7.11 Å². The van der Waals surface area contributed by atoms with Crippen molar-refractivity contribution in [2.24, 2.45) is 7.05 Å². The highest BCUT2D eigenvalue weighted by Crippen LogP contribution is 2.17. The van der Waals surface area contributed by atoms with E-state index in [4.69, 9.17) is 4.74 Å². The molecule has 0 N–H and O–H groups in total. The molecule has 1 heterocycles. The summed E-state index contributed by atoms with van der Waals surface area (Å²) in [6, 6.07) is 7.34. The Labute approximate surface area is 81.5 Å². The fourth-order valence-corrected chi connectivity index (χ4v) is 1.45. The lowest BCUT2D eigenvalue weighted by Crippen LogP contribution is -2.15. The van der Waals surface area contributed by atoms with Crippen molar-refractivity contribution in [2.75, 3.05) is 7.11 Å². The molecule has 0 radical (unpaired) electrons. The van der Waals surface area contributed by atoms with Crippen LogP contribution in [-0.2, 0) is 7.05 Å². The van der Waals surface area contributed by atoms with Crippen LogP contribution < -0.4 is 10.3 Å². The topological polar surface area (TPSA) is 31.2 Å². The normalized spacial score (nSPS) is 10.4. The minimum absolute atomic E-state index is 0.0187. The Morgan fingerprint density at radius 1 is 1.29 bits per heavy atom. The van der Waals surface area contributed by atoms with Gasteiger partial charge in [-0.2, -0.15) is 0 Å². The Bertz CT molecular complexity index is 528. The minimum Gasteiger partial charge on any atom is -0.497 e. The molecular weight excluding hydrogens is 178 g/mol. The summed E-state index contributed by atoms with van der Waals surface area (Å²) in [5, 5.41) is 1.63. The molecule has 0 aliphatic rings. The number of aryl methyl sites for hydroxylation is 1. The summed E-state index contributed by atoms with van der Waals surface area (Å²) in [5.41, 5.74) is 0.0187. The Hall–Kier alpha value is -1.77. The van der Waals surface area contributed by atoms with Crippen molar-refractivity contribution in [3.05, 3.63) is 40.8 Å². The molecule has 0 aliphatic carbocycles. The van der Waals surface area contributed by atoms with Gasteiger partial charge in [0.1, 0.15) is 5.75 Å². The van der Waals surface area contributed by atoms with Crippen LogP contribution in [0, 0.1) is 0 Å². The summed E-state index contributed by atoms with van der Waals surface area (Å²) in [7, 11) is 3.36.